The van der Waals surface area contributed by atoms with Crippen molar-refractivity contribution in [2.24, 2.45) is 5.92 Å². The summed E-state index contributed by atoms with van der Waals surface area (Å²) in [4.78, 5) is 0. The first-order valence-electron chi connectivity index (χ1n) is 5.79. The van der Waals surface area contributed by atoms with Crippen LogP contribution < -0.4 is 0 Å². The van der Waals surface area contributed by atoms with Gasteiger partial charge in [0.2, 0.25) is 0 Å². The van der Waals surface area contributed by atoms with E-state index < -0.39 is 0 Å². The van der Waals surface area contributed by atoms with Crippen molar-refractivity contribution >= 4 is 0 Å². The fraction of sp³-hybridized carbons (Fsp3) is 1.00. The molecule has 0 N–H and O–H groups in total. The van der Waals surface area contributed by atoms with E-state index in [0.29, 0.717) is 6.10 Å². The summed E-state index contributed by atoms with van der Waals surface area (Å²) in [5.41, 5.74) is 0. The van der Waals surface area contributed by atoms with Crippen molar-refractivity contribution in [3.05, 3.63) is 0 Å². The second-order valence-corrected chi connectivity index (χ2v) is 4.04. The van der Waals surface area contributed by atoms with Crippen LogP contribution >= 0.6 is 0 Å². The lowest BCUT2D eigenvalue weighted by atomic mass is 9.94. The van der Waals surface area contributed by atoms with Gasteiger partial charge in [-0.2, -0.15) is 0 Å². The third-order valence-electron chi connectivity index (χ3n) is 2.77. The molecule has 0 aliphatic rings. The molecule has 0 saturated heterocycles. The molecule has 80 valence electrons. The van der Waals surface area contributed by atoms with E-state index >= 15 is 0 Å². The normalized spacial score (nSPS) is 15.7. The topological polar surface area (TPSA) is 9.23 Å². The number of hydrogen-bond acceptors (Lipinski definition) is 1. The molecule has 0 heterocycles. The summed E-state index contributed by atoms with van der Waals surface area (Å²) in [5.74, 6) is 0.733. The number of methoxy groups -OCH3 is 1. The number of rotatable bonds is 8. The van der Waals surface area contributed by atoms with Gasteiger partial charge >= 0.3 is 0 Å². The van der Waals surface area contributed by atoms with Gasteiger partial charge in [0, 0.05) is 7.11 Å². The smallest absolute Gasteiger partial charge is 0.0596 e. The summed E-state index contributed by atoms with van der Waals surface area (Å²) in [6, 6.07) is 0. The second kappa shape index (κ2) is 8.55. The molecule has 0 saturated carbocycles. The first kappa shape index (κ1) is 13.0. The molecule has 1 nitrogen and oxygen atoms in total. The summed E-state index contributed by atoms with van der Waals surface area (Å²) >= 11 is 0. The van der Waals surface area contributed by atoms with Crippen LogP contribution in [-0.2, 0) is 4.74 Å². The molecule has 2 atom stereocenters. The molecule has 0 aromatic heterocycles. The largest absolute Gasteiger partial charge is 0.381 e. The van der Waals surface area contributed by atoms with Gasteiger partial charge in [0.25, 0.3) is 0 Å². The maximum absolute atomic E-state index is 5.48. The van der Waals surface area contributed by atoms with Crippen LogP contribution in [0.3, 0.4) is 0 Å². The molecule has 0 bridgehead atoms. The first-order chi connectivity index (χ1) is 6.26. The maximum Gasteiger partial charge on any atom is 0.0596 e. The summed E-state index contributed by atoms with van der Waals surface area (Å²) in [5, 5.41) is 0. The zero-order valence-corrected chi connectivity index (χ0v) is 9.81. The summed E-state index contributed by atoms with van der Waals surface area (Å²) < 4.78 is 5.48. The van der Waals surface area contributed by atoms with Crippen LogP contribution in [0.4, 0.5) is 0 Å². The Hall–Kier alpha value is -0.0400. The molecule has 1 heteroatoms. The van der Waals surface area contributed by atoms with Crippen molar-refractivity contribution in [3.63, 3.8) is 0 Å². The van der Waals surface area contributed by atoms with Crippen LogP contribution in [0.2, 0.25) is 0 Å². The molecule has 0 aromatic carbocycles. The highest BCUT2D eigenvalue weighted by Crippen LogP contribution is 2.18. The molecule has 0 aromatic rings. The molecule has 0 fully saturated rings. The Kier molecular flexibility index (Phi) is 8.53. The minimum atomic E-state index is 0.488. The van der Waals surface area contributed by atoms with Crippen molar-refractivity contribution < 1.29 is 4.74 Å². The van der Waals surface area contributed by atoms with E-state index in [9.17, 15) is 0 Å². The van der Waals surface area contributed by atoms with Gasteiger partial charge in [-0.15, -0.1) is 0 Å². The monoisotopic (exact) mass is 186 g/mol. The standard InChI is InChI=1S/C12H26O/c1-5-7-8-10-11(3)12(13-4)9-6-2/h11-12H,5-10H2,1-4H3. The highest BCUT2D eigenvalue weighted by molar-refractivity contribution is 4.65. The molecule has 2 unspecified atom stereocenters. The van der Waals surface area contributed by atoms with Crippen molar-refractivity contribution in [3.8, 4) is 0 Å². The number of hydrogen-bond donors (Lipinski definition) is 0. The van der Waals surface area contributed by atoms with E-state index in [1.54, 1.807) is 0 Å². The minimum absolute atomic E-state index is 0.488. The fourth-order valence-corrected chi connectivity index (χ4v) is 1.82. The lowest BCUT2D eigenvalue weighted by Crippen LogP contribution is -2.20. The highest BCUT2D eigenvalue weighted by Gasteiger charge is 2.14. The Morgan fingerprint density at radius 1 is 1.00 bits per heavy atom. The molecule has 0 rings (SSSR count). The zero-order valence-electron chi connectivity index (χ0n) is 9.81. The van der Waals surface area contributed by atoms with Crippen molar-refractivity contribution in [1.82, 2.24) is 0 Å². The number of unbranched alkanes of at least 4 members (excludes halogenated alkanes) is 2. The van der Waals surface area contributed by atoms with E-state index in [2.05, 4.69) is 20.8 Å². The summed E-state index contributed by atoms with van der Waals surface area (Å²) in [6.45, 7) is 6.80. The average Bonchev–Trinajstić information content (AvgIpc) is 2.14. The Labute approximate surface area is 83.9 Å². The van der Waals surface area contributed by atoms with Crippen molar-refractivity contribution in [2.75, 3.05) is 7.11 Å². The Balaban J connectivity index is 3.57. The van der Waals surface area contributed by atoms with Gasteiger partial charge in [0.15, 0.2) is 0 Å². The van der Waals surface area contributed by atoms with Crippen LogP contribution in [0.25, 0.3) is 0 Å². The molecule has 0 aliphatic heterocycles. The van der Waals surface area contributed by atoms with E-state index in [-0.39, 0.29) is 0 Å². The van der Waals surface area contributed by atoms with Crippen LogP contribution in [-0.4, -0.2) is 13.2 Å². The molecular formula is C12H26O. The predicted molar refractivity (Wildman–Crippen MR) is 59.0 cm³/mol. The van der Waals surface area contributed by atoms with Crippen molar-refractivity contribution in [1.29, 1.82) is 0 Å². The fourth-order valence-electron chi connectivity index (χ4n) is 1.82. The van der Waals surface area contributed by atoms with Gasteiger partial charge in [0.05, 0.1) is 6.10 Å². The van der Waals surface area contributed by atoms with E-state index in [1.807, 2.05) is 7.11 Å². The molecular weight excluding hydrogens is 160 g/mol. The summed E-state index contributed by atoms with van der Waals surface area (Å²) in [6.07, 6.45) is 8.31. The van der Waals surface area contributed by atoms with Gasteiger partial charge in [-0.25, -0.2) is 0 Å². The third-order valence-corrected chi connectivity index (χ3v) is 2.77. The van der Waals surface area contributed by atoms with Crippen LogP contribution in [0.5, 0.6) is 0 Å². The molecule has 0 radical (unpaired) electrons. The van der Waals surface area contributed by atoms with Gasteiger partial charge in [-0.05, 0) is 18.8 Å². The lowest BCUT2D eigenvalue weighted by Gasteiger charge is -2.21. The minimum Gasteiger partial charge on any atom is -0.381 e. The van der Waals surface area contributed by atoms with Crippen molar-refractivity contribution in [2.45, 2.75) is 65.4 Å². The van der Waals surface area contributed by atoms with E-state index in [0.717, 1.165) is 5.92 Å². The third kappa shape index (κ3) is 6.09. The van der Waals surface area contributed by atoms with Crippen LogP contribution in [0, 0.1) is 5.92 Å². The van der Waals surface area contributed by atoms with Gasteiger partial charge in [-0.3, -0.25) is 0 Å². The quantitative estimate of drug-likeness (QED) is 0.520. The van der Waals surface area contributed by atoms with Crippen LogP contribution in [0.1, 0.15) is 59.3 Å². The van der Waals surface area contributed by atoms with Gasteiger partial charge in [-0.1, -0.05) is 46.5 Å². The van der Waals surface area contributed by atoms with Crippen LogP contribution in [0.15, 0.2) is 0 Å². The second-order valence-electron chi connectivity index (χ2n) is 4.04. The maximum atomic E-state index is 5.48. The SMILES string of the molecule is CCCCCC(C)C(CCC)OC. The number of ether oxygens (including phenoxy) is 1. The average molecular weight is 186 g/mol. The molecule has 13 heavy (non-hydrogen) atoms. The Morgan fingerprint density at radius 3 is 2.15 bits per heavy atom. The van der Waals surface area contributed by atoms with Gasteiger partial charge < -0.3 is 4.74 Å². The highest BCUT2D eigenvalue weighted by atomic mass is 16.5. The first-order valence-corrected chi connectivity index (χ1v) is 5.79. The van der Waals surface area contributed by atoms with E-state index in [1.165, 1.54) is 38.5 Å². The Bertz CT molecular complexity index is 101. The zero-order chi connectivity index (χ0) is 10.1. The summed E-state index contributed by atoms with van der Waals surface area (Å²) in [7, 11) is 1.84. The lowest BCUT2D eigenvalue weighted by molar-refractivity contribution is 0.0472. The molecule has 0 spiro atoms. The Morgan fingerprint density at radius 2 is 1.69 bits per heavy atom. The van der Waals surface area contributed by atoms with E-state index in [4.69, 9.17) is 4.74 Å². The molecule has 0 amide bonds. The van der Waals surface area contributed by atoms with Gasteiger partial charge in [0.1, 0.15) is 0 Å². The predicted octanol–water partition coefficient (Wildman–Crippen LogP) is 4.02. The molecule has 0 aliphatic carbocycles.